The van der Waals surface area contributed by atoms with E-state index in [1.54, 1.807) is 43.8 Å². The highest BCUT2D eigenvalue weighted by atomic mass is 32.1. The first kappa shape index (κ1) is 17.3. The average Bonchev–Trinajstić information content (AvgIpc) is 3.07. The third-order valence-corrected chi connectivity index (χ3v) is 4.47. The predicted molar refractivity (Wildman–Crippen MR) is 92.6 cm³/mol. The van der Waals surface area contributed by atoms with Crippen LogP contribution in [0.25, 0.3) is 0 Å². The molecule has 0 bridgehead atoms. The van der Waals surface area contributed by atoms with E-state index in [0.717, 1.165) is 13.1 Å². The monoisotopic (exact) mass is 335 g/mol. The van der Waals surface area contributed by atoms with E-state index >= 15 is 0 Å². The number of amides is 1. The number of benzene rings is 1. The van der Waals surface area contributed by atoms with Gasteiger partial charge in [0.05, 0.1) is 31.3 Å². The summed E-state index contributed by atoms with van der Waals surface area (Å²) in [7, 11) is 3.17. The second-order valence-electron chi connectivity index (χ2n) is 5.15. The molecule has 1 amide bonds. The summed E-state index contributed by atoms with van der Waals surface area (Å²) >= 11 is 1.72. The lowest BCUT2D eigenvalue weighted by atomic mass is 10.2. The number of ether oxygens (including phenoxy) is 2. The van der Waals surface area contributed by atoms with Gasteiger partial charge in [0.25, 0.3) is 5.91 Å². The van der Waals surface area contributed by atoms with Crippen LogP contribution in [-0.4, -0.2) is 33.2 Å². The molecule has 0 radical (unpaired) electrons. The standard InChI is InChI=1S/C17H22N2O3S/c1-4-19(11-14-6-5-9-23-14)12-17(20)18-15-8-7-13(21-2)10-16(15)22-3/h5-10H,4,11-12H2,1-3H3,(H,18,20)/p+1. The van der Waals surface area contributed by atoms with Gasteiger partial charge in [0.1, 0.15) is 18.0 Å². The summed E-state index contributed by atoms with van der Waals surface area (Å²) in [4.78, 5) is 14.8. The summed E-state index contributed by atoms with van der Waals surface area (Å²) < 4.78 is 10.5. The third-order valence-electron chi connectivity index (χ3n) is 3.60. The Morgan fingerprint density at radius 1 is 1.26 bits per heavy atom. The Hall–Kier alpha value is -2.05. The first-order valence-corrected chi connectivity index (χ1v) is 8.42. The van der Waals surface area contributed by atoms with Gasteiger partial charge in [-0.1, -0.05) is 6.07 Å². The number of hydrogen-bond acceptors (Lipinski definition) is 4. The van der Waals surface area contributed by atoms with Crippen LogP contribution in [0.5, 0.6) is 11.5 Å². The molecule has 0 aliphatic heterocycles. The molecule has 1 aromatic heterocycles. The van der Waals surface area contributed by atoms with Gasteiger partial charge in [0, 0.05) is 6.07 Å². The maximum Gasteiger partial charge on any atom is 0.279 e. The Bertz CT molecular complexity index is 629. The summed E-state index contributed by atoms with van der Waals surface area (Å²) in [5.41, 5.74) is 0.657. The van der Waals surface area contributed by atoms with Crippen molar-refractivity contribution in [3.8, 4) is 11.5 Å². The van der Waals surface area contributed by atoms with Crippen molar-refractivity contribution in [2.24, 2.45) is 0 Å². The lowest BCUT2D eigenvalue weighted by molar-refractivity contribution is -0.903. The zero-order valence-corrected chi connectivity index (χ0v) is 14.5. The fraction of sp³-hybridized carbons (Fsp3) is 0.353. The molecular weight excluding hydrogens is 312 g/mol. The number of nitrogens with one attached hydrogen (secondary N) is 2. The van der Waals surface area contributed by atoms with Gasteiger partial charge < -0.3 is 19.7 Å². The zero-order chi connectivity index (χ0) is 16.7. The van der Waals surface area contributed by atoms with E-state index in [-0.39, 0.29) is 5.91 Å². The van der Waals surface area contributed by atoms with Crippen molar-refractivity contribution >= 4 is 22.9 Å². The summed E-state index contributed by atoms with van der Waals surface area (Å²) in [5, 5.41) is 4.98. The fourth-order valence-electron chi connectivity index (χ4n) is 2.30. The van der Waals surface area contributed by atoms with Gasteiger partial charge >= 0.3 is 0 Å². The maximum absolute atomic E-state index is 12.3. The summed E-state index contributed by atoms with van der Waals surface area (Å²) in [6.45, 7) is 4.26. The molecule has 1 atom stereocenters. The van der Waals surface area contributed by atoms with Crippen molar-refractivity contribution in [1.29, 1.82) is 0 Å². The van der Waals surface area contributed by atoms with E-state index in [1.165, 1.54) is 9.78 Å². The van der Waals surface area contributed by atoms with Crippen LogP contribution in [0, 0.1) is 0 Å². The minimum absolute atomic E-state index is 0.0260. The van der Waals surface area contributed by atoms with Gasteiger partial charge in [-0.05, 0) is 30.5 Å². The number of rotatable bonds is 8. The lowest BCUT2D eigenvalue weighted by Gasteiger charge is -2.17. The SMILES string of the molecule is CC[NH+](CC(=O)Nc1ccc(OC)cc1OC)Cc1cccs1. The van der Waals surface area contributed by atoms with Gasteiger partial charge in [-0.2, -0.15) is 0 Å². The van der Waals surface area contributed by atoms with Gasteiger partial charge in [-0.15, -0.1) is 11.3 Å². The number of quaternary nitrogens is 1. The molecule has 0 fully saturated rings. The molecule has 1 unspecified atom stereocenters. The number of likely N-dealkylation sites (N-methyl/N-ethyl adjacent to an activating group) is 1. The highest BCUT2D eigenvalue weighted by Gasteiger charge is 2.15. The molecule has 0 aliphatic carbocycles. The minimum atomic E-state index is -0.0260. The molecule has 2 N–H and O–H groups in total. The Labute approximate surface area is 140 Å². The van der Waals surface area contributed by atoms with E-state index in [0.29, 0.717) is 23.7 Å². The lowest BCUT2D eigenvalue weighted by Crippen LogP contribution is -3.11. The highest BCUT2D eigenvalue weighted by Crippen LogP contribution is 2.28. The molecule has 6 heteroatoms. The molecule has 0 saturated carbocycles. The van der Waals surface area contributed by atoms with Crippen LogP contribution in [0.1, 0.15) is 11.8 Å². The van der Waals surface area contributed by atoms with E-state index in [4.69, 9.17) is 9.47 Å². The summed E-state index contributed by atoms with van der Waals surface area (Å²) in [6.07, 6.45) is 0. The van der Waals surface area contributed by atoms with Gasteiger partial charge in [0.15, 0.2) is 6.54 Å². The van der Waals surface area contributed by atoms with E-state index in [1.807, 2.05) is 6.07 Å². The van der Waals surface area contributed by atoms with Crippen molar-refractivity contribution in [3.63, 3.8) is 0 Å². The van der Waals surface area contributed by atoms with Crippen LogP contribution < -0.4 is 19.7 Å². The van der Waals surface area contributed by atoms with Crippen molar-refractivity contribution in [2.45, 2.75) is 13.5 Å². The smallest absolute Gasteiger partial charge is 0.279 e. The Morgan fingerprint density at radius 3 is 2.70 bits per heavy atom. The Balaban J connectivity index is 1.98. The largest absolute Gasteiger partial charge is 0.497 e. The van der Waals surface area contributed by atoms with Crippen LogP contribution in [0.4, 0.5) is 5.69 Å². The van der Waals surface area contributed by atoms with Gasteiger partial charge in [0.2, 0.25) is 0 Å². The summed E-state index contributed by atoms with van der Waals surface area (Å²) in [6, 6.07) is 9.49. The zero-order valence-electron chi connectivity index (χ0n) is 13.7. The fourth-order valence-corrected chi connectivity index (χ4v) is 3.07. The maximum atomic E-state index is 12.3. The normalized spacial score (nSPS) is 11.8. The molecule has 2 rings (SSSR count). The van der Waals surface area contributed by atoms with Crippen LogP contribution in [0.2, 0.25) is 0 Å². The van der Waals surface area contributed by atoms with Crippen LogP contribution in [-0.2, 0) is 11.3 Å². The van der Waals surface area contributed by atoms with Crippen molar-refractivity contribution in [3.05, 3.63) is 40.6 Å². The Kier molecular flexibility index (Phi) is 6.43. The van der Waals surface area contributed by atoms with Crippen LogP contribution >= 0.6 is 11.3 Å². The molecule has 5 nitrogen and oxygen atoms in total. The number of hydrogen-bond donors (Lipinski definition) is 2. The highest BCUT2D eigenvalue weighted by molar-refractivity contribution is 7.09. The molecule has 0 aliphatic rings. The second kappa shape index (κ2) is 8.55. The van der Waals surface area contributed by atoms with Crippen molar-refractivity contribution in [1.82, 2.24) is 0 Å². The molecule has 1 aromatic carbocycles. The third kappa shape index (κ3) is 4.97. The second-order valence-corrected chi connectivity index (χ2v) is 6.18. The minimum Gasteiger partial charge on any atom is -0.497 e. The number of carbonyl (C=O) groups excluding carboxylic acids is 1. The van der Waals surface area contributed by atoms with E-state index in [2.05, 4.69) is 23.7 Å². The molecule has 23 heavy (non-hydrogen) atoms. The van der Waals surface area contributed by atoms with Gasteiger partial charge in [-0.25, -0.2) is 0 Å². The van der Waals surface area contributed by atoms with Crippen molar-refractivity contribution < 1.29 is 19.2 Å². The topological polar surface area (TPSA) is 52.0 Å². The molecule has 2 aromatic rings. The van der Waals surface area contributed by atoms with Crippen LogP contribution in [0.3, 0.4) is 0 Å². The predicted octanol–water partition coefficient (Wildman–Crippen LogP) is 1.81. The van der Waals surface area contributed by atoms with E-state index < -0.39 is 0 Å². The van der Waals surface area contributed by atoms with E-state index in [9.17, 15) is 4.79 Å². The summed E-state index contributed by atoms with van der Waals surface area (Å²) in [5.74, 6) is 1.26. The molecular formula is C17H23N2O3S+. The quantitative estimate of drug-likeness (QED) is 0.774. The van der Waals surface area contributed by atoms with Crippen molar-refractivity contribution in [2.75, 3.05) is 32.6 Å². The molecule has 0 spiro atoms. The first-order valence-electron chi connectivity index (χ1n) is 7.54. The average molecular weight is 335 g/mol. The van der Waals surface area contributed by atoms with Crippen LogP contribution in [0.15, 0.2) is 35.7 Å². The number of methoxy groups -OCH3 is 2. The number of carbonyl (C=O) groups is 1. The Morgan fingerprint density at radius 2 is 2.09 bits per heavy atom. The molecule has 1 heterocycles. The molecule has 124 valence electrons. The number of thiophene rings is 1. The molecule has 0 saturated heterocycles. The van der Waals surface area contributed by atoms with Gasteiger partial charge in [-0.3, -0.25) is 4.79 Å². The first-order chi connectivity index (χ1) is 11.2. The number of anilines is 1.